The first-order valence-corrected chi connectivity index (χ1v) is 13.3. The van der Waals surface area contributed by atoms with Crippen molar-refractivity contribution < 1.29 is 15.0 Å². The summed E-state index contributed by atoms with van der Waals surface area (Å²) in [5, 5.41) is 24.3. The van der Waals surface area contributed by atoms with Gasteiger partial charge in [0.1, 0.15) is 0 Å². The van der Waals surface area contributed by atoms with Crippen LogP contribution in [0.2, 0.25) is 0 Å². The van der Waals surface area contributed by atoms with Gasteiger partial charge >= 0.3 is 0 Å². The number of rotatable bonds is 25. The number of carbonyl (C=O) groups is 1. The first-order valence-electron chi connectivity index (χ1n) is 13.3. The number of nitrogens with zero attached hydrogens (tertiary/aromatic N) is 1. The van der Waals surface area contributed by atoms with Gasteiger partial charge in [0.15, 0.2) is 0 Å². The van der Waals surface area contributed by atoms with Crippen molar-refractivity contribution in [2.75, 3.05) is 52.5 Å². The fourth-order valence-corrected chi connectivity index (χ4v) is 3.71. The SMILES string of the molecule is CCCCCCCC/C=C\CCCCCCCC(=O)N(CCO)CCNCCNCCO. The Morgan fingerprint density at radius 3 is 1.84 bits per heavy atom. The van der Waals surface area contributed by atoms with Gasteiger partial charge in [-0.1, -0.05) is 70.4 Å². The Balaban J connectivity index is 3.58. The minimum absolute atomic E-state index is 0.0101. The van der Waals surface area contributed by atoms with Crippen LogP contribution in [0.5, 0.6) is 0 Å². The molecule has 0 aromatic carbocycles. The lowest BCUT2D eigenvalue weighted by Gasteiger charge is -2.22. The number of aliphatic hydroxyl groups is 2. The van der Waals surface area contributed by atoms with Crippen molar-refractivity contribution in [2.45, 2.75) is 96.8 Å². The predicted octanol–water partition coefficient (Wildman–Crippen LogP) is 4.02. The standard InChI is InChI=1S/C26H53N3O3/c1-2-3-4-5-6-7-8-9-10-11-12-13-14-15-16-17-26(32)29(23-25-31)22-20-27-18-19-28-21-24-30/h9-10,27-28,30-31H,2-8,11-25H2,1H3/b10-9-. The van der Waals surface area contributed by atoms with Crippen molar-refractivity contribution in [1.29, 1.82) is 0 Å². The van der Waals surface area contributed by atoms with E-state index in [0.717, 1.165) is 32.5 Å². The topological polar surface area (TPSA) is 84.8 Å². The highest BCUT2D eigenvalue weighted by Crippen LogP contribution is 2.10. The Bertz CT molecular complexity index is 419. The summed E-state index contributed by atoms with van der Waals surface area (Å²) in [5.74, 6) is 0.150. The van der Waals surface area contributed by atoms with Gasteiger partial charge in [-0.2, -0.15) is 0 Å². The van der Waals surface area contributed by atoms with Crippen LogP contribution in [0.25, 0.3) is 0 Å². The van der Waals surface area contributed by atoms with Crippen molar-refractivity contribution >= 4 is 5.91 Å². The molecule has 0 saturated carbocycles. The molecule has 1 amide bonds. The third-order valence-electron chi connectivity index (χ3n) is 5.70. The lowest BCUT2D eigenvalue weighted by atomic mass is 10.1. The Hall–Kier alpha value is -0.950. The average molecular weight is 456 g/mol. The molecule has 6 heteroatoms. The lowest BCUT2D eigenvalue weighted by Crippen LogP contribution is -2.40. The first-order chi connectivity index (χ1) is 15.8. The maximum Gasteiger partial charge on any atom is 0.222 e. The van der Waals surface area contributed by atoms with Crippen LogP contribution in [0, 0.1) is 0 Å². The number of aliphatic hydroxyl groups excluding tert-OH is 2. The van der Waals surface area contributed by atoms with Crippen LogP contribution in [-0.4, -0.2) is 73.5 Å². The van der Waals surface area contributed by atoms with E-state index >= 15 is 0 Å². The summed E-state index contributed by atoms with van der Waals surface area (Å²) in [6, 6.07) is 0. The first kappa shape index (κ1) is 31.0. The molecule has 0 heterocycles. The zero-order chi connectivity index (χ0) is 23.5. The van der Waals surface area contributed by atoms with Crippen LogP contribution in [0.3, 0.4) is 0 Å². The normalized spacial score (nSPS) is 11.5. The van der Waals surface area contributed by atoms with Gasteiger partial charge in [0.2, 0.25) is 5.91 Å². The molecule has 0 aromatic heterocycles. The number of hydrogen-bond acceptors (Lipinski definition) is 5. The van der Waals surface area contributed by atoms with E-state index < -0.39 is 0 Å². The molecule has 4 N–H and O–H groups in total. The highest BCUT2D eigenvalue weighted by Gasteiger charge is 2.11. The minimum Gasteiger partial charge on any atom is -0.395 e. The molecule has 190 valence electrons. The molecule has 0 spiro atoms. The predicted molar refractivity (Wildman–Crippen MR) is 136 cm³/mol. The van der Waals surface area contributed by atoms with Gasteiger partial charge in [0.25, 0.3) is 0 Å². The van der Waals surface area contributed by atoms with E-state index in [1.165, 1.54) is 70.6 Å². The van der Waals surface area contributed by atoms with Crippen LogP contribution in [-0.2, 0) is 4.79 Å². The van der Waals surface area contributed by atoms with E-state index in [4.69, 9.17) is 5.11 Å². The molecule has 0 aromatic rings. The molecular weight excluding hydrogens is 402 g/mol. The number of nitrogens with one attached hydrogen (secondary N) is 2. The van der Waals surface area contributed by atoms with E-state index in [1.807, 2.05) is 0 Å². The highest BCUT2D eigenvalue weighted by molar-refractivity contribution is 5.76. The fourth-order valence-electron chi connectivity index (χ4n) is 3.71. The summed E-state index contributed by atoms with van der Waals surface area (Å²) >= 11 is 0. The molecule has 0 aliphatic carbocycles. The van der Waals surface area contributed by atoms with E-state index in [9.17, 15) is 9.90 Å². The molecule has 0 saturated heterocycles. The van der Waals surface area contributed by atoms with Gasteiger partial charge in [-0.05, 0) is 32.1 Å². The van der Waals surface area contributed by atoms with Crippen LogP contribution in [0.15, 0.2) is 12.2 Å². The van der Waals surface area contributed by atoms with Crippen LogP contribution >= 0.6 is 0 Å². The molecule has 0 bridgehead atoms. The van der Waals surface area contributed by atoms with Crippen LogP contribution in [0.4, 0.5) is 0 Å². The number of allylic oxidation sites excluding steroid dienone is 2. The summed E-state index contributed by atoms with van der Waals surface area (Å²) in [7, 11) is 0. The average Bonchev–Trinajstić information content (AvgIpc) is 2.80. The van der Waals surface area contributed by atoms with Gasteiger partial charge in [0.05, 0.1) is 13.2 Å². The fraction of sp³-hybridized carbons (Fsp3) is 0.885. The molecule has 32 heavy (non-hydrogen) atoms. The van der Waals surface area contributed by atoms with Gasteiger partial charge in [0, 0.05) is 45.7 Å². The van der Waals surface area contributed by atoms with Crippen molar-refractivity contribution in [2.24, 2.45) is 0 Å². The number of unbranched alkanes of at least 4 members (excludes halogenated alkanes) is 11. The Morgan fingerprint density at radius 2 is 1.25 bits per heavy atom. The van der Waals surface area contributed by atoms with Crippen molar-refractivity contribution in [3.63, 3.8) is 0 Å². The molecule has 0 fully saturated rings. The highest BCUT2D eigenvalue weighted by atomic mass is 16.3. The Kier molecular flexibility index (Phi) is 25.5. The zero-order valence-corrected chi connectivity index (χ0v) is 21.0. The monoisotopic (exact) mass is 455 g/mol. The number of carbonyl (C=O) groups excluding carboxylic acids is 1. The third kappa shape index (κ3) is 22.3. The minimum atomic E-state index is 0.0101. The maximum atomic E-state index is 12.4. The quantitative estimate of drug-likeness (QED) is 0.123. The van der Waals surface area contributed by atoms with Gasteiger partial charge < -0.3 is 25.7 Å². The van der Waals surface area contributed by atoms with Gasteiger partial charge in [-0.15, -0.1) is 0 Å². The zero-order valence-electron chi connectivity index (χ0n) is 21.0. The molecule has 6 nitrogen and oxygen atoms in total. The molecular formula is C26H53N3O3. The molecule has 0 atom stereocenters. The molecule has 0 radical (unpaired) electrons. The van der Waals surface area contributed by atoms with Crippen LogP contribution < -0.4 is 10.6 Å². The van der Waals surface area contributed by atoms with Gasteiger partial charge in [-0.3, -0.25) is 4.79 Å². The van der Waals surface area contributed by atoms with E-state index in [-0.39, 0.29) is 19.1 Å². The summed E-state index contributed by atoms with van der Waals surface area (Å²) in [5.41, 5.74) is 0. The Morgan fingerprint density at radius 1 is 0.688 bits per heavy atom. The van der Waals surface area contributed by atoms with Gasteiger partial charge in [-0.25, -0.2) is 0 Å². The van der Waals surface area contributed by atoms with E-state index in [0.29, 0.717) is 26.1 Å². The largest absolute Gasteiger partial charge is 0.395 e. The van der Waals surface area contributed by atoms with Crippen LogP contribution in [0.1, 0.15) is 96.8 Å². The van der Waals surface area contributed by atoms with Crippen molar-refractivity contribution in [3.05, 3.63) is 12.2 Å². The molecule has 0 aliphatic rings. The van der Waals surface area contributed by atoms with Crippen molar-refractivity contribution in [1.82, 2.24) is 15.5 Å². The number of hydrogen-bond donors (Lipinski definition) is 4. The molecule has 0 aliphatic heterocycles. The maximum absolute atomic E-state index is 12.4. The second-order valence-corrected chi connectivity index (χ2v) is 8.66. The van der Waals surface area contributed by atoms with Crippen molar-refractivity contribution in [3.8, 4) is 0 Å². The molecule has 0 rings (SSSR count). The Labute approximate surface area is 198 Å². The summed E-state index contributed by atoms with van der Waals surface area (Å²) in [6.45, 7) is 6.38. The molecule has 0 unspecified atom stereocenters. The third-order valence-corrected chi connectivity index (χ3v) is 5.70. The van der Waals surface area contributed by atoms with E-state index in [1.54, 1.807) is 4.90 Å². The lowest BCUT2D eigenvalue weighted by molar-refractivity contribution is -0.131. The number of amides is 1. The summed E-state index contributed by atoms with van der Waals surface area (Å²) in [4.78, 5) is 14.2. The van der Waals surface area contributed by atoms with E-state index in [2.05, 4.69) is 29.7 Å². The summed E-state index contributed by atoms with van der Waals surface area (Å²) < 4.78 is 0. The smallest absolute Gasteiger partial charge is 0.222 e. The second kappa shape index (κ2) is 26.3. The second-order valence-electron chi connectivity index (χ2n) is 8.66. The summed E-state index contributed by atoms with van der Waals surface area (Å²) in [6.07, 6.45) is 21.6.